The van der Waals surface area contributed by atoms with Crippen molar-refractivity contribution >= 4 is 20.0 Å². The Labute approximate surface area is 187 Å². The van der Waals surface area contributed by atoms with E-state index in [0.29, 0.717) is 33.9 Å². The molecule has 31 heavy (non-hydrogen) atoms. The molecule has 0 bridgehead atoms. The number of hydrogen-bond donors (Lipinski definition) is 1. The molecule has 0 saturated heterocycles. The number of nitrogens with one attached hydrogen (secondary N) is 1. The molecular formula is C23H34N2O4S2. The van der Waals surface area contributed by atoms with Crippen LogP contribution in [0, 0.1) is 41.5 Å². The maximum absolute atomic E-state index is 13.2. The second kappa shape index (κ2) is 9.81. The van der Waals surface area contributed by atoms with Crippen molar-refractivity contribution in [1.82, 2.24) is 9.03 Å². The lowest BCUT2D eigenvalue weighted by Crippen LogP contribution is -2.35. The molecule has 2 aromatic carbocycles. The summed E-state index contributed by atoms with van der Waals surface area (Å²) in [6, 6.07) is 7.43. The molecule has 2 aromatic rings. The molecule has 172 valence electrons. The largest absolute Gasteiger partial charge is 0.243 e. The maximum Gasteiger partial charge on any atom is 0.243 e. The molecule has 0 spiro atoms. The van der Waals surface area contributed by atoms with E-state index >= 15 is 0 Å². The average molecular weight is 467 g/mol. The first-order valence-corrected chi connectivity index (χ1v) is 13.4. The summed E-state index contributed by atoms with van der Waals surface area (Å²) in [5, 5.41) is 0. The third kappa shape index (κ3) is 5.74. The van der Waals surface area contributed by atoms with Crippen LogP contribution in [0.4, 0.5) is 0 Å². The highest BCUT2D eigenvalue weighted by molar-refractivity contribution is 7.89. The zero-order valence-electron chi connectivity index (χ0n) is 19.5. The molecule has 0 radical (unpaired) electrons. The zero-order chi connectivity index (χ0) is 23.6. The predicted octanol–water partition coefficient (Wildman–Crippen LogP) is 3.92. The van der Waals surface area contributed by atoms with Crippen molar-refractivity contribution in [1.29, 1.82) is 0 Å². The monoisotopic (exact) mass is 466 g/mol. The molecule has 0 aliphatic rings. The maximum atomic E-state index is 13.2. The lowest BCUT2D eigenvalue weighted by Gasteiger charge is -2.23. The van der Waals surface area contributed by atoms with E-state index in [-0.39, 0.29) is 13.1 Å². The molecule has 0 fully saturated rings. The van der Waals surface area contributed by atoms with Gasteiger partial charge in [-0.3, -0.25) is 0 Å². The van der Waals surface area contributed by atoms with Gasteiger partial charge in [-0.1, -0.05) is 42.3 Å². The lowest BCUT2D eigenvalue weighted by atomic mass is 10.1. The molecule has 2 rings (SSSR count). The Morgan fingerprint density at radius 3 is 1.58 bits per heavy atom. The number of nitrogens with zero attached hydrogens (tertiary/aromatic N) is 1. The molecule has 8 heteroatoms. The van der Waals surface area contributed by atoms with E-state index in [1.165, 1.54) is 4.31 Å². The number of sulfonamides is 2. The summed E-state index contributed by atoms with van der Waals surface area (Å²) in [5.74, 6) is 0. The van der Waals surface area contributed by atoms with Gasteiger partial charge in [0.1, 0.15) is 0 Å². The van der Waals surface area contributed by atoms with E-state index in [1.54, 1.807) is 34.6 Å². The number of rotatable bonds is 9. The first kappa shape index (κ1) is 25.5. The van der Waals surface area contributed by atoms with E-state index in [9.17, 15) is 16.8 Å². The fourth-order valence-electron chi connectivity index (χ4n) is 4.28. The Morgan fingerprint density at radius 2 is 1.16 bits per heavy atom. The Hall–Kier alpha value is -1.74. The summed E-state index contributed by atoms with van der Waals surface area (Å²) < 4.78 is 56.1. The van der Waals surface area contributed by atoms with Crippen molar-refractivity contribution in [3.8, 4) is 0 Å². The summed E-state index contributed by atoms with van der Waals surface area (Å²) >= 11 is 0. The van der Waals surface area contributed by atoms with Crippen LogP contribution in [-0.2, 0) is 20.0 Å². The van der Waals surface area contributed by atoms with E-state index in [0.717, 1.165) is 22.3 Å². The molecule has 0 aromatic heterocycles. The highest BCUT2D eigenvalue weighted by Crippen LogP contribution is 2.25. The van der Waals surface area contributed by atoms with Crippen molar-refractivity contribution in [3.63, 3.8) is 0 Å². The van der Waals surface area contributed by atoms with E-state index in [2.05, 4.69) is 4.72 Å². The minimum Gasteiger partial charge on any atom is -0.211 e. The summed E-state index contributed by atoms with van der Waals surface area (Å²) in [6.45, 7) is 13.6. The normalized spacial score (nSPS) is 12.5. The smallest absolute Gasteiger partial charge is 0.211 e. The Kier molecular flexibility index (Phi) is 8.08. The van der Waals surface area contributed by atoms with Crippen LogP contribution in [0.2, 0.25) is 0 Å². The topological polar surface area (TPSA) is 83.6 Å². The Morgan fingerprint density at radius 1 is 0.742 bits per heavy atom. The Bertz CT molecular complexity index is 1120. The van der Waals surface area contributed by atoms with Gasteiger partial charge < -0.3 is 0 Å². The number of hydrogen-bond acceptors (Lipinski definition) is 4. The van der Waals surface area contributed by atoms with E-state index in [1.807, 2.05) is 38.1 Å². The van der Waals surface area contributed by atoms with Gasteiger partial charge in [0.15, 0.2) is 0 Å². The third-order valence-corrected chi connectivity index (χ3v) is 9.35. The van der Waals surface area contributed by atoms with E-state index in [4.69, 9.17) is 0 Å². The van der Waals surface area contributed by atoms with Gasteiger partial charge >= 0.3 is 0 Å². The summed E-state index contributed by atoms with van der Waals surface area (Å²) in [4.78, 5) is 0.635. The standard InChI is InChI=1S/C23H34N2O4S2/c1-8-25(31(28,29)23-20(6)14-17(3)15-21(23)7)11-9-10-24-30(26,27)22-18(4)12-16(2)13-19(22)5/h12-15,24H,8-11H2,1-7H3. The fourth-order valence-corrected chi connectivity index (χ4v) is 7.70. The van der Waals surface area contributed by atoms with Gasteiger partial charge in [0.2, 0.25) is 20.0 Å². The average Bonchev–Trinajstić information content (AvgIpc) is 2.58. The quantitative estimate of drug-likeness (QED) is 0.568. The van der Waals surface area contributed by atoms with Crippen LogP contribution in [-0.4, -0.2) is 40.8 Å². The molecule has 0 amide bonds. The molecule has 0 aliphatic heterocycles. The SMILES string of the molecule is CCN(CCCNS(=O)(=O)c1c(C)cc(C)cc1C)S(=O)(=O)c1c(C)cc(C)cc1C. The van der Waals surface area contributed by atoms with Crippen LogP contribution >= 0.6 is 0 Å². The van der Waals surface area contributed by atoms with Crippen LogP contribution in [0.1, 0.15) is 46.7 Å². The minimum atomic E-state index is -3.67. The molecule has 0 aliphatic carbocycles. The number of aryl methyl sites for hydroxylation is 6. The zero-order valence-corrected chi connectivity index (χ0v) is 21.2. The van der Waals surface area contributed by atoms with Crippen molar-refractivity contribution in [3.05, 3.63) is 57.6 Å². The fraction of sp³-hybridized carbons (Fsp3) is 0.478. The highest BCUT2D eigenvalue weighted by atomic mass is 32.2. The second-order valence-corrected chi connectivity index (χ2v) is 11.8. The van der Waals surface area contributed by atoms with Crippen molar-refractivity contribution in [2.75, 3.05) is 19.6 Å². The summed E-state index contributed by atoms with van der Waals surface area (Å²) in [6.07, 6.45) is 0.375. The predicted molar refractivity (Wildman–Crippen MR) is 126 cm³/mol. The van der Waals surface area contributed by atoms with Crippen LogP contribution in [0.3, 0.4) is 0 Å². The van der Waals surface area contributed by atoms with Gasteiger partial charge in [-0.25, -0.2) is 21.6 Å². The van der Waals surface area contributed by atoms with Crippen molar-refractivity contribution in [2.45, 2.75) is 64.7 Å². The molecule has 0 atom stereocenters. The van der Waals surface area contributed by atoms with Gasteiger partial charge in [0.25, 0.3) is 0 Å². The first-order chi connectivity index (χ1) is 14.3. The molecular weight excluding hydrogens is 432 g/mol. The van der Waals surface area contributed by atoms with Gasteiger partial charge in [0.05, 0.1) is 9.79 Å². The Balaban J connectivity index is 2.12. The van der Waals surface area contributed by atoms with Gasteiger partial charge in [-0.05, 0) is 70.2 Å². The van der Waals surface area contributed by atoms with Gasteiger partial charge in [0, 0.05) is 19.6 Å². The molecule has 0 heterocycles. The second-order valence-electron chi connectivity index (χ2n) is 8.20. The minimum absolute atomic E-state index is 0.160. The molecule has 0 unspecified atom stereocenters. The van der Waals surface area contributed by atoms with Crippen molar-refractivity contribution < 1.29 is 16.8 Å². The molecule has 6 nitrogen and oxygen atoms in total. The summed E-state index contributed by atoms with van der Waals surface area (Å²) in [5.41, 5.74) is 4.89. The van der Waals surface area contributed by atoms with E-state index < -0.39 is 20.0 Å². The highest BCUT2D eigenvalue weighted by Gasteiger charge is 2.27. The lowest BCUT2D eigenvalue weighted by molar-refractivity contribution is 0.419. The van der Waals surface area contributed by atoms with Crippen molar-refractivity contribution in [2.24, 2.45) is 0 Å². The van der Waals surface area contributed by atoms with Gasteiger partial charge in [-0.15, -0.1) is 0 Å². The van der Waals surface area contributed by atoms with Gasteiger partial charge in [-0.2, -0.15) is 4.31 Å². The van der Waals surface area contributed by atoms with Crippen LogP contribution in [0.15, 0.2) is 34.1 Å². The van der Waals surface area contributed by atoms with Crippen LogP contribution < -0.4 is 4.72 Å². The molecule has 0 saturated carbocycles. The first-order valence-electron chi connectivity index (χ1n) is 10.5. The number of benzene rings is 2. The van der Waals surface area contributed by atoms with Crippen LogP contribution in [0.5, 0.6) is 0 Å². The van der Waals surface area contributed by atoms with Crippen LogP contribution in [0.25, 0.3) is 0 Å². The summed E-state index contributed by atoms with van der Waals surface area (Å²) in [7, 11) is -7.33. The molecule has 1 N–H and O–H groups in total. The third-order valence-electron chi connectivity index (χ3n) is 5.31.